The van der Waals surface area contributed by atoms with Gasteiger partial charge in [-0.1, -0.05) is 193 Å². The molecule has 0 aliphatic carbocycles. The zero-order chi connectivity index (χ0) is 40.6. The standard InChI is InChI=1S/C20H24.2C17H17F/c1-14(2)19-9-6-18(7-10-19)8-11-20-16(4)12-15(3)13-17(20)5;1-13(2)16-9-5-14(6-10-16)3-4-15-7-11-17(18)12-8-15;1-13(2)16-10-8-14(9-11-16)6-7-15-4-3-5-17(18)12-15/h6-14H,1-5H3;2*3-13H,1-2H3/b11-8+;4-3+;7-6+. The molecule has 0 fully saturated rings. The van der Waals surface area contributed by atoms with Crippen LogP contribution in [0, 0.1) is 32.4 Å². The van der Waals surface area contributed by atoms with Crippen molar-refractivity contribution >= 4 is 36.5 Å². The van der Waals surface area contributed by atoms with Crippen LogP contribution in [0.4, 0.5) is 8.78 Å². The Kier molecular flexibility index (Phi) is 16.5. The van der Waals surface area contributed by atoms with Crippen LogP contribution in [0.2, 0.25) is 0 Å². The van der Waals surface area contributed by atoms with E-state index in [0.717, 1.165) is 22.3 Å². The van der Waals surface area contributed by atoms with Crippen LogP contribution >= 0.6 is 0 Å². The van der Waals surface area contributed by atoms with E-state index in [9.17, 15) is 8.78 Å². The summed E-state index contributed by atoms with van der Waals surface area (Å²) in [4.78, 5) is 0. The van der Waals surface area contributed by atoms with Gasteiger partial charge in [-0.3, -0.25) is 0 Å². The van der Waals surface area contributed by atoms with Crippen molar-refractivity contribution in [3.8, 4) is 0 Å². The maximum atomic E-state index is 13.0. The summed E-state index contributed by atoms with van der Waals surface area (Å²) in [6, 6.07) is 43.4. The molecule has 0 amide bonds. The van der Waals surface area contributed by atoms with Crippen LogP contribution in [0.5, 0.6) is 0 Å². The summed E-state index contributed by atoms with van der Waals surface area (Å²) in [6.45, 7) is 19.7. The Hall–Kier alpha value is -5.60. The molecule has 0 nitrogen and oxygen atoms in total. The molecule has 0 atom stereocenters. The molecule has 0 spiro atoms. The fraction of sp³-hybridized carbons (Fsp3) is 0.222. The van der Waals surface area contributed by atoms with Crippen molar-refractivity contribution in [2.75, 3.05) is 0 Å². The highest BCUT2D eigenvalue weighted by Crippen LogP contribution is 2.21. The highest BCUT2D eigenvalue weighted by Gasteiger charge is 2.02. The lowest BCUT2D eigenvalue weighted by Gasteiger charge is -2.07. The molecule has 0 aromatic heterocycles. The molecular weight excluding hydrogens is 687 g/mol. The predicted molar refractivity (Wildman–Crippen MR) is 242 cm³/mol. The molecule has 0 unspecified atom stereocenters. The second-order valence-corrected chi connectivity index (χ2v) is 15.4. The number of hydrogen-bond donors (Lipinski definition) is 0. The first-order chi connectivity index (χ1) is 26.8. The molecule has 0 saturated carbocycles. The number of rotatable bonds is 9. The zero-order valence-electron chi connectivity index (χ0n) is 34.7. The number of benzene rings is 6. The molecule has 0 N–H and O–H groups in total. The SMILES string of the molecule is CC(C)c1ccc(/C=C/c2ccc(F)cc2)cc1.CC(C)c1ccc(/C=C/c2cccc(F)c2)cc1.Cc1cc(C)c(/C=C/c2ccc(C(C)C)cc2)c(C)c1. The van der Waals surface area contributed by atoms with E-state index >= 15 is 0 Å². The lowest BCUT2D eigenvalue weighted by Crippen LogP contribution is -1.88. The first-order valence-corrected chi connectivity index (χ1v) is 19.7. The van der Waals surface area contributed by atoms with E-state index in [0.29, 0.717) is 17.8 Å². The highest BCUT2D eigenvalue weighted by molar-refractivity contribution is 5.73. The third kappa shape index (κ3) is 14.2. The lowest BCUT2D eigenvalue weighted by molar-refractivity contribution is 0.627. The highest BCUT2D eigenvalue weighted by atomic mass is 19.1. The quantitative estimate of drug-likeness (QED) is 0.129. The van der Waals surface area contributed by atoms with Crippen molar-refractivity contribution in [2.45, 2.75) is 80.1 Å². The van der Waals surface area contributed by atoms with E-state index in [4.69, 9.17) is 0 Å². The van der Waals surface area contributed by atoms with Crippen molar-refractivity contribution in [1.29, 1.82) is 0 Å². The van der Waals surface area contributed by atoms with Crippen LogP contribution in [0.15, 0.2) is 133 Å². The lowest BCUT2D eigenvalue weighted by atomic mass is 9.98. The fourth-order valence-electron chi connectivity index (χ4n) is 6.18. The van der Waals surface area contributed by atoms with Crippen LogP contribution in [0.3, 0.4) is 0 Å². The van der Waals surface area contributed by atoms with E-state index in [-0.39, 0.29) is 11.6 Å². The summed E-state index contributed by atoms with van der Waals surface area (Å²) in [6.07, 6.45) is 12.4. The van der Waals surface area contributed by atoms with Gasteiger partial charge in [-0.15, -0.1) is 0 Å². The van der Waals surface area contributed by atoms with Gasteiger partial charge in [0.25, 0.3) is 0 Å². The molecule has 6 aromatic rings. The minimum atomic E-state index is -0.202. The van der Waals surface area contributed by atoms with E-state index in [1.54, 1.807) is 18.2 Å². The largest absolute Gasteiger partial charge is 0.207 e. The number of aryl methyl sites for hydroxylation is 3. The molecule has 0 radical (unpaired) electrons. The molecular formula is C54H58F2. The average Bonchev–Trinajstić information content (AvgIpc) is 3.17. The normalized spacial score (nSPS) is 11.4. The van der Waals surface area contributed by atoms with Gasteiger partial charge in [-0.05, 0) is 124 Å². The fourth-order valence-corrected chi connectivity index (χ4v) is 6.18. The molecule has 0 bridgehead atoms. The topological polar surface area (TPSA) is 0 Å². The van der Waals surface area contributed by atoms with Gasteiger partial charge >= 0.3 is 0 Å². The van der Waals surface area contributed by atoms with E-state index in [2.05, 4.69) is 159 Å². The van der Waals surface area contributed by atoms with Gasteiger partial charge in [0.1, 0.15) is 11.6 Å². The van der Waals surface area contributed by atoms with Gasteiger partial charge in [0.2, 0.25) is 0 Å². The van der Waals surface area contributed by atoms with Gasteiger partial charge in [0.05, 0.1) is 0 Å². The molecule has 6 aromatic carbocycles. The maximum absolute atomic E-state index is 13.0. The molecule has 0 saturated heterocycles. The molecule has 56 heavy (non-hydrogen) atoms. The van der Waals surface area contributed by atoms with Gasteiger partial charge < -0.3 is 0 Å². The first-order valence-electron chi connectivity index (χ1n) is 19.7. The Morgan fingerprint density at radius 1 is 0.357 bits per heavy atom. The molecule has 0 aliphatic rings. The van der Waals surface area contributed by atoms with Crippen molar-refractivity contribution in [3.05, 3.63) is 212 Å². The third-order valence-corrected chi connectivity index (χ3v) is 9.65. The van der Waals surface area contributed by atoms with Crippen LogP contribution in [-0.2, 0) is 0 Å². The zero-order valence-corrected chi connectivity index (χ0v) is 34.7. The molecule has 0 aliphatic heterocycles. The first kappa shape index (κ1) is 43.1. The number of hydrogen-bond acceptors (Lipinski definition) is 0. The van der Waals surface area contributed by atoms with Crippen LogP contribution < -0.4 is 0 Å². The maximum Gasteiger partial charge on any atom is 0.123 e. The van der Waals surface area contributed by atoms with Crippen LogP contribution in [0.25, 0.3) is 36.5 Å². The monoisotopic (exact) mass is 744 g/mol. The Labute approximate surface area is 336 Å². The second-order valence-electron chi connectivity index (χ2n) is 15.4. The summed E-state index contributed by atoms with van der Waals surface area (Å²) in [7, 11) is 0. The summed E-state index contributed by atoms with van der Waals surface area (Å²) < 4.78 is 25.7. The second kappa shape index (κ2) is 21.5. The smallest absolute Gasteiger partial charge is 0.123 e. The van der Waals surface area contributed by atoms with Crippen LogP contribution in [-0.4, -0.2) is 0 Å². The van der Waals surface area contributed by atoms with Crippen molar-refractivity contribution < 1.29 is 8.78 Å². The van der Waals surface area contributed by atoms with Crippen molar-refractivity contribution in [3.63, 3.8) is 0 Å². The minimum Gasteiger partial charge on any atom is -0.207 e. The average molecular weight is 745 g/mol. The van der Waals surface area contributed by atoms with E-state index < -0.39 is 0 Å². The van der Waals surface area contributed by atoms with Gasteiger partial charge in [-0.2, -0.15) is 0 Å². The Morgan fingerprint density at radius 3 is 1.05 bits per heavy atom. The van der Waals surface area contributed by atoms with Gasteiger partial charge in [0, 0.05) is 0 Å². The Bertz CT molecular complexity index is 2150. The number of halogens is 2. The minimum absolute atomic E-state index is 0.201. The van der Waals surface area contributed by atoms with Crippen molar-refractivity contribution in [1.82, 2.24) is 0 Å². The molecule has 6 rings (SSSR count). The Morgan fingerprint density at radius 2 is 0.696 bits per heavy atom. The molecule has 288 valence electrons. The Balaban J connectivity index is 0.000000187. The predicted octanol–water partition coefficient (Wildman–Crippen LogP) is 16.1. The van der Waals surface area contributed by atoms with E-state index in [1.807, 2.05) is 30.4 Å². The summed E-state index contributed by atoms with van der Waals surface area (Å²) in [5.41, 5.74) is 14.8. The van der Waals surface area contributed by atoms with Gasteiger partial charge in [0.15, 0.2) is 0 Å². The molecule has 0 heterocycles. The van der Waals surface area contributed by atoms with Gasteiger partial charge in [-0.25, -0.2) is 8.78 Å². The summed E-state index contributed by atoms with van der Waals surface area (Å²) in [5.74, 6) is 1.29. The van der Waals surface area contributed by atoms with E-state index in [1.165, 1.54) is 68.8 Å². The third-order valence-electron chi connectivity index (χ3n) is 9.65. The summed E-state index contributed by atoms with van der Waals surface area (Å²) >= 11 is 0. The van der Waals surface area contributed by atoms with Crippen LogP contribution in [0.1, 0.15) is 126 Å². The van der Waals surface area contributed by atoms with Crippen molar-refractivity contribution in [2.24, 2.45) is 0 Å². The molecule has 2 heteroatoms. The summed E-state index contributed by atoms with van der Waals surface area (Å²) in [5, 5.41) is 0.